The third kappa shape index (κ3) is 6.41. The molecule has 0 spiro atoms. The maximum Gasteiger partial charge on any atom is 0.243 e. The van der Waals surface area contributed by atoms with Crippen LogP contribution in [0.2, 0.25) is 0 Å². The highest BCUT2D eigenvalue weighted by atomic mass is 19.1. The standard InChI is InChI=1S/C24H31FN2O2/c1-6-22(24(29)26-16(2)3)27(15-19-9-11-21(25)12-10-19)23(28)14-20-8-7-17(4)18(5)13-20/h7-13,16,22H,6,14-15H2,1-5H3,(H,26,29)/t22-/m1/s1. The first-order chi connectivity index (χ1) is 13.7. The molecule has 0 fully saturated rings. The number of rotatable bonds is 8. The minimum atomic E-state index is -0.582. The van der Waals surface area contributed by atoms with E-state index in [0.29, 0.717) is 6.42 Å². The lowest BCUT2D eigenvalue weighted by Crippen LogP contribution is -2.50. The van der Waals surface area contributed by atoms with Gasteiger partial charge in [0.2, 0.25) is 11.8 Å². The molecule has 5 heteroatoms. The lowest BCUT2D eigenvalue weighted by molar-refractivity contribution is -0.141. The van der Waals surface area contributed by atoms with Crippen LogP contribution in [0.3, 0.4) is 0 Å². The Morgan fingerprint density at radius 3 is 2.17 bits per heavy atom. The average Bonchev–Trinajstić information content (AvgIpc) is 2.65. The van der Waals surface area contributed by atoms with Gasteiger partial charge < -0.3 is 10.2 Å². The SMILES string of the molecule is CC[C@H](C(=O)NC(C)C)N(Cc1ccc(F)cc1)C(=O)Cc1ccc(C)c(C)c1. The Kier molecular flexibility index (Phi) is 7.94. The Balaban J connectivity index is 2.30. The van der Waals surface area contributed by atoms with Crippen molar-refractivity contribution in [3.63, 3.8) is 0 Å². The van der Waals surface area contributed by atoms with Gasteiger partial charge >= 0.3 is 0 Å². The van der Waals surface area contributed by atoms with Gasteiger partial charge in [0.05, 0.1) is 6.42 Å². The molecule has 0 aliphatic carbocycles. The summed E-state index contributed by atoms with van der Waals surface area (Å²) in [5.41, 5.74) is 4.01. The summed E-state index contributed by atoms with van der Waals surface area (Å²) in [4.78, 5) is 27.6. The van der Waals surface area contributed by atoms with E-state index in [1.807, 2.05) is 52.8 Å². The van der Waals surface area contributed by atoms with Gasteiger partial charge in [-0.05, 0) is 68.5 Å². The van der Waals surface area contributed by atoms with Crippen LogP contribution in [0.5, 0.6) is 0 Å². The lowest BCUT2D eigenvalue weighted by Gasteiger charge is -2.31. The van der Waals surface area contributed by atoms with Crippen LogP contribution in [0.25, 0.3) is 0 Å². The summed E-state index contributed by atoms with van der Waals surface area (Å²) in [5.74, 6) is -0.618. The van der Waals surface area contributed by atoms with E-state index in [1.165, 1.54) is 17.7 Å². The summed E-state index contributed by atoms with van der Waals surface area (Å²) in [6.45, 7) is 9.99. The molecule has 1 N–H and O–H groups in total. The topological polar surface area (TPSA) is 49.4 Å². The van der Waals surface area contributed by atoms with E-state index in [4.69, 9.17) is 0 Å². The number of carbonyl (C=O) groups excluding carboxylic acids is 2. The summed E-state index contributed by atoms with van der Waals surface area (Å²) in [6.07, 6.45) is 0.714. The van der Waals surface area contributed by atoms with Gasteiger partial charge in [-0.1, -0.05) is 37.3 Å². The van der Waals surface area contributed by atoms with Crippen LogP contribution in [-0.2, 0) is 22.6 Å². The van der Waals surface area contributed by atoms with E-state index in [9.17, 15) is 14.0 Å². The van der Waals surface area contributed by atoms with Crippen molar-refractivity contribution in [2.24, 2.45) is 0 Å². The Morgan fingerprint density at radius 1 is 1.00 bits per heavy atom. The zero-order chi connectivity index (χ0) is 21.6. The zero-order valence-corrected chi connectivity index (χ0v) is 18.0. The largest absolute Gasteiger partial charge is 0.352 e. The smallest absolute Gasteiger partial charge is 0.243 e. The second kappa shape index (κ2) is 10.2. The van der Waals surface area contributed by atoms with Crippen LogP contribution >= 0.6 is 0 Å². The lowest BCUT2D eigenvalue weighted by atomic mass is 10.0. The predicted octanol–water partition coefficient (Wildman–Crippen LogP) is 4.32. The summed E-state index contributed by atoms with van der Waals surface area (Å²) >= 11 is 0. The number of carbonyl (C=O) groups is 2. The molecule has 0 aliphatic rings. The normalized spacial score (nSPS) is 12.0. The van der Waals surface area contributed by atoms with Gasteiger partial charge in [-0.25, -0.2) is 4.39 Å². The summed E-state index contributed by atoms with van der Waals surface area (Å²) in [6, 6.07) is 11.4. The molecule has 0 heterocycles. The minimum absolute atomic E-state index is 0.0147. The van der Waals surface area contributed by atoms with Crippen molar-refractivity contribution >= 4 is 11.8 Å². The van der Waals surface area contributed by atoms with Crippen LogP contribution in [0.15, 0.2) is 42.5 Å². The van der Waals surface area contributed by atoms with Crippen LogP contribution in [0, 0.1) is 19.7 Å². The Labute approximate surface area is 173 Å². The second-order valence-corrected chi connectivity index (χ2v) is 7.83. The molecule has 0 aliphatic heterocycles. The first-order valence-corrected chi connectivity index (χ1v) is 10.1. The maximum atomic E-state index is 13.3. The molecular weight excluding hydrogens is 367 g/mol. The molecule has 0 unspecified atom stereocenters. The minimum Gasteiger partial charge on any atom is -0.352 e. The van der Waals surface area contributed by atoms with Gasteiger partial charge in [-0.15, -0.1) is 0 Å². The number of benzene rings is 2. The first-order valence-electron chi connectivity index (χ1n) is 10.1. The van der Waals surface area contributed by atoms with E-state index in [1.54, 1.807) is 17.0 Å². The molecule has 0 aromatic heterocycles. The molecule has 4 nitrogen and oxygen atoms in total. The molecule has 2 amide bonds. The van der Waals surface area contributed by atoms with E-state index in [2.05, 4.69) is 5.32 Å². The van der Waals surface area contributed by atoms with Crippen molar-refractivity contribution in [1.29, 1.82) is 0 Å². The Morgan fingerprint density at radius 2 is 1.62 bits per heavy atom. The number of hydrogen-bond donors (Lipinski definition) is 1. The van der Waals surface area contributed by atoms with Crippen molar-refractivity contribution in [2.75, 3.05) is 0 Å². The van der Waals surface area contributed by atoms with Crippen molar-refractivity contribution < 1.29 is 14.0 Å². The highest BCUT2D eigenvalue weighted by molar-refractivity contribution is 5.88. The highest BCUT2D eigenvalue weighted by Gasteiger charge is 2.29. The molecular formula is C24H31FN2O2. The predicted molar refractivity (Wildman–Crippen MR) is 114 cm³/mol. The average molecular weight is 399 g/mol. The summed E-state index contributed by atoms with van der Waals surface area (Å²) in [7, 11) is 0. The van der Waals surface area contributed by atoms with Crippen molar-refractivity contribution in [3.8, 4) is 0 Å². The van der Waals surface area contributed by atoms with E-state index in [-0.39, 0.29) is 36.6 Å². The van der Waals surface area contributed by atoms with Crippen molar-refractivity contribution in [1.82, 2.24) is 10.2 Å². The third-order valence-electron chi connectivity index (χ3n) is 5.01. The van der Waals surface area contributed by atoms with Gasteiger partial charge in [0.25, 0.3) is 0 Å². The van der Waals surface area contributed by atoms with Gasteiger partial charge in [-0.3, -0.25) is 9.59 Å². The van der Waals surface area contributed by atoms with Gasteiger partial charge in [-0.2, -0.15) is 0 Å². The monoisotopic (exact) mass is 398 g/mol. The number of amides is 2. The van der Waals surface area contributed by atoms with Gasteiger partial charge in [0, 0.05) is 12.6 Å². The highest BCUT2D eigenvalue weighted by Crippen LogP contribution is 2.17. The number of halogens is 1. The van der Waals surface area contributed by atoms with E-state index in [0.717, 1.165) is 16.7 Å². The molecule has 0 saturated carbocycles. The Hall–Kier alpha value is -2.69. The summed E-state index contributed by atoms with van der Waals surface area (Å²) < 4.78 is 13.3. The molecule has 0 bridgehead atoms. The second-order valence-electron chi connectivity index (χ2n) is 7.83. The number of aryl methyl sites for hydroxylation is 2. The molecule has 156 valence electrons. The molecule has 1 atom stereocenters. The van der Waals surface area contributed by atoms with E-state index >= 15 is 0 Å². The van der Waals surface area contributed by atoms with Crippen molar-refractivity contribution in [3.05, 3.63) is 70.5 Å². The number of hydrogen-bond acceptors (Lipinski definition) is 2. The van der Waals surface area contributed by atoms with Crippen LogP contribution in [-0.4, -0.2) is 28.8 Å². The number of nitrogens with one attached hydrogen (secondary N) is 1. The maximum absolute atomic E-state index is 13.3. The molecule has 0 saturated heterocycles. The fraction of sp³-hybridized carbons (Fsp3) is 0.417. The quantitative estimate of drug-likeness (QED) is 0.720. The molecule has 2 aromatic rings. The van der Waals surface area contributed by atoms with Crippen LogP contribution in [0.1, 0.15) is 49.4 Å². The van der Waals surface area contributed by atoms with E-state index < -0.39 is 6.04 Å². The molecule has 29 heavy (non-hydrogen) atoms. The fourth-order valence-corrected chi connectivity index (χ4v) is 3.28. The molecule has 2 rings (SSSR count). The van der Waals surface area contributed by atoms with Gasteiger partial charge in [0.1, 0.15) is 11.9 Å². The summed E-state index contributed by atoms with van der Waals surface area (Å²) in [5, 5.41) is 2.91. The first kappa shape index (κ1) is 22.6. The third-order valence-corrected chi connectivity index (χ3v) is 5.01. The molecule has 0 radical (unpaired) electrons. The molecule has 2 aromatic carbocycles. The van der Waals surface area contributed by atoms with Crippen molar-refractivity contribution in [2.45, 2.75) is 66.1 Å². The Bertz CT molecular complexity index is 846. The van der Waals surface area contributed by atoms with Crippen LogP contribution in [0.4, 0.5) is 4.39 Å². The zero-order valence-electron chi connectivity index (χ0n) is 18.0. The van der Waals surface area contributed by atoms with Gasteiger partial charge in [0.15, 0.2) is 0 Å². The number of nitrogens with zero attached hydrogens (tertiary/aromatic N) is 1. The van der Waals surface area contributed by atoms with Crippen LogP contribution < -0.4 is 5.32 Å². The fourth-order valence-electron chi connectivity index (χ4n) is 3.28.